The molecular formula is C16H20N2O3. The number of rotatable bonds is 2. The molecule has 1 aliphatic heterocycles. The molecule has 0 spiro atoms. The van der Waals surface area contributed by atoms with E-state index in [2.05, 4.69) is 5.32 Å². The van der Waals surface area contributed by atoms with E-state index in [1.54, 1.807) is 11.9 Å². The summed E-state index contributed by atoms with van der Waals surface area (Å²) < 4.78 is 5.57. The van der Waals surface area contributed by atoms with E-state index in [0.29, 0.717) is 24.5 Å². The number of hydrogen-bond donors (Lipinski definition) is 1. The van der Waals surface area contributed by atoms with Crippen molar-refractivity contribution >= 4 is 23.2 Å². The number of anilines is 2. The minimum Gasteiger partial charge on any atom is -0.491 e. The number of carbonyl (C=O) groups is 2. The van der Waals surface area contributed by atoms with Crippen molar-refractivity contribution in [2.75, 3.05) is 23.9 Å². The van der Waals surface area contributed by atoms with Crippen LogP contribution < -0.4 is 15.0 Å². The largest absolute Gasteiger partial charge is 0.491 e. The van der Waals surface area contributed by atoms with Crippen LogP contribution in [0, 0.1) is 5.92 Å². The third kappa shape index (κ3) is 2.86. The van der Waals surface area contributed by atoms with E-state index >= 15 is 0 Å². The third-order valence-corrected chi connectivity index (χ3v) is 4.26. The van der Waals surface area contributed by atoms with Crippen molar-refractivity contribution in [3.05, 3.63) is 18.2 Å². The standard InChI is InChI=1S/C16H20N2O3/c1-18-13-10-12(17-16(20)11-4-2-3-5-11)6-7-14(13)21-9-8-15(18)19/h6-7,10-11H,2-5,8-9H2,1H3,(H,17,20). The highest BCUT2D eigenvalue weighted by atomic mass is 16.5. The van der Waals surface area contributed by atoms with Gasteiger partial charge in [-0.1, -0.05) is 12.8 Å². The van der Waals surface area contributed by atoms with E-state index in [9.17, 15) is 9.59 Å². The number of hydrogen-bond acceptors (Lipinski definition) is 3. The zero-order valence-electron chi connectivity index (χ0n) is 12.2. The maximum Gasteiger partial charge on any atom is 0.230 e. The lowest BCUT2D eigenvalue weighted by Gasteiger charge is -2.18. The molecule has 1 aliphatic carbocycles. The van der Waals surface area contributed by atoms with Crippen molar-refractivity contribution < 1.29 is 14.3 Å². The average molecular weight is 288 g/mol. The zero-order chi connectivity index (χ0) is 14.8. The second kappa shape index (κ2) is 5.76. The Hall–Kier alpha value is -2.04. The summed E-state index contributed by atoms with van der Waals surface area (Å²) in [5, 5.41) is 2.96. The van der Waals surface area contributed by atoms with Gasteiger partial charge in [0.2, 0.25) is 11.8 Å². The number of amides is 2. The molecule has 2 aliphatic rings. The summed E-state index contributed by atoms with van der Waals surface area (Å²) >= 11 is 0. The molecule has 5 nitrogen and oxygen atoms in total. The van der Waals surface area contributed by atoms with E-state index in [1.807, 2.05) is 18.2 Å². The van der Waals surface area contributed by atoms with Crippen molar-refractivity contribution in [3.8, 4) is 5.75 Å². The van der Waals surface area contributed by atoms with Crippen molar-refractivity contribution in [3.63, 3.8) is 0 Å². The van der Waals surface area contributed by atoms with Gasteiger partial charge in [0.05, 0.1) is 18.7 Å². The smallest absolute Gasteiger partial charge is 0.230 e. The fraction of sp³-hybridized carbons (Fsp3) is 0.500. The maximum atomic E-state index is 12.2. The molecule has 21 heavy (non-hydrogen) atoms. The summed E-state index contributed by atoms with van der Waals surface area (Å²) in [6, 6.07) is 5.45. The van der Waals surface area contributed by atoms with Crippen LogP contribution >= 0.6 is 0 Å². The number of nitrogens with one attached hydrogen (secondary N) is 1. The molecule has 2 amide bonds. The first-order chi connectivity index (χ1) is 10.1. The Labute approximate surface area is 124 Å². The first-order valence-corrected chi connectivity index (χ1v) is 7.49. The molecule has 1 fully saturated rings. The molecule has 1 aromatic rings. The van der Waals surface area contributed by atoms with Gasteiger partial charge in [0, 0.05) is 18.7 Å². The van der Waals surface area contributed by atoms with Gasteiger partial charge >= 0.3 is 0 Å². The molecule has 5 heteroatoms. The minimum atomic E-state index is 0.0213. The van der Waals surface area contributed by atoms with Gasteiger partial charge in [0.1, 0.15) is 5.75 Å². The van der Waals surface area contributed by atoms with Gasteiger partial charge in [0.25, 0.3) is 0 Å². The van der Waals surface area contributed by atoms with Gasteiger partial charge in [-0.3, -0.25) is 9.59 Å². The lowest BCUT2D eigenvalue weighted by molar-refractivity contribution is -0.120. The van der Waals surface area contributed by atoms with Crippen LogP contribution in [0.25, 0.3) is 0 Å². The summed E-state index contributed by atoms with van der Waals surface area (Å²) in [6.07, 6.45) is 4.58. The molecule has 0 aromatic heterocycles. The van der Waals surface area contributed by atoms with Gasteiger partial charge in [-0.25, -0.2) is 0 Å². The summed E-state index contributed by atoms with van der Waals surface area (Å²) in [4.78, 5) is 25.6. The Kier molecular flexibility index (Phi) is 3.82. The summed E-state index contributed by atoms with van der Waals surface area (Å²) in [6.45, 7) is 0.393. The first kappa shape index (κ1) is 13.9. The molecule has 0 atom stereocenters. The highest BCUT2D eigenvalue weighted by molar-refractivity contribution is 5.97. The third-order valence-electron chi connectivity index (χ3n) is 4.26. The van der Waals surface area contributed by atoms with Gasteiger partial charge in [-0.2, -0.15) is 0 Å². The van der Waals surface area contributed by atoms with Crippen LogP contribution in [-0.2, 0) is 9.59 Å². The Morgan fingerprint density at radius 3 is 2.86 bits per heavy atom. The molecule has 1 saturated carbocycles. The first-order valence-electron chi connectivity index (χ1n) is 7.49. The molecule has 3 rings (SSSR count). The monoisotopic (exact) mass is 288 g/mol. The van der Waals surface area contributed by atoms with Crippen LogP contribution in [0.4, 0.5) is 11.4 Å². The van der Waals surface area contributed by atoms with E-state index in [-0.39, 0.29) is 17.7 Å². The summed E-state index contributed by atoms with van der Waals surface area (Å²) in [7, 11) is 1.73. The summed E-state index contributed by atoms with van der Waals surface area (Å²) in [5.74, 6) is 0.908. The van der Waals surface area contributed by atoms with E-state index in [0.717, 1.165) is 31.4 Å². The molecule has 0 unspecified atom stereocenters. The quantitative estimate of drug-likeness (QED) is 0.910. The number of carbonyl (C=O) groups excluding carboxylic acids is 2. The number of nitrogens with zero attached hydrogens (tertiary/aromatic N) is 1. The average Bonchev–Trinajstić information content (AvgIpc) is 2.97. The highest BCUT2D eigenvalue weighted by Gasteiger charge is 2.24. The minimum absolute atomic E-state index is 0.0213. The SMILES string of the molecule is CN1C(=O)CCOc2ccc(NC(=O)C3CCCC3)cc21. The predicted octanol–water partition coefficient (Wildman–Crippen LogP) is 2.56. The molecule has 0 bridgehead atoms. The van der Waals surface area contributed by atoms with Crippen molar-refractivity contribution in [1.82, 2.24) is 0 Å². The maximum absolute atomic E-state index is 12.2. The molecule has 1 N–H and O–H groups in total. The van der Waals surface area contributed by atoms with Crippen LogP contribution in [-0.4, -0.2) is 25.5 Å². The Balaban J connectivity index is 1.80. The van der Waals surface area contributed by atoms with Crippen molar-refractivity contribution in [1.29, 1.82) is 0 Å². The lowest BCUT2D eigenvalue weighted by Crippen LogP contribution is -2.25. The Morgan fingerprint density at radius 2 is 2.10 bits per heavy atom. The van der Waals surface area contributed by atoms with Crippen LogP contribution in [0.15, 0.2) is 18.2 Å². The molecule has 1 heterocycles. The molecular weight excluding hydrogens is 268 g/mol. The van der Waals surface area contributed by atoms with Gasteiger partial charge in [-0.05, 0) is 31.0 Å². The van der Waals surface area contributed by atoms with E-state index in [4.69, 9.17) is 4.74 Å². The molecule has 0 radical (unpaired) electrons. The normalized spacial score (nSPS) is 18.9. The lowest BCUT2D eigenvalue weighted by atomic mass is 10.1. The van der Waals surface area contributed by atoms with Crippen molar-refractivity contribution in [2.24, 2.45) is 5.92 Å². The van der Waals surface area contributed by atoms with Crippen LogP contribution in [0.5, 0.6) is 5.75 Å². The van der Waals surface area contributed by atoms with Crippen LogP contribution in [0.3, 0.4) is 0 Å². The van der Waals surface area contributed by atoms with Crippen molar-refractivity contribution in [2.45, 2.75) is 32.1 Å². The number of ether oxygens (including phenoxy) is 1. The van der Waals surface area contributed by atoms with Gasteiger partial charge in [0.15, 0.2) is 0 Å². The Morgan fingerprint density at radius 1 is 1.33 bits per heavy atom. The number of benzene rings is 1. The van der Waals surface area contributed by atoms with Gasteiger partial charge < -0.3 is 15.0 Å². The van der Waals surface area contributed by atoms with E-state index < -0.39 is 0 Å². The second-order valence-electron chi connectivity index (χ2n) is 5.70. The zero-order valence-corrected chi connectivity index (χ0v) is 12.2. The second-order valence-corrected chi connectivity index (χ2v) is 5.70. The fourth-order valence-corrected chi connectivity index (χ4v) is 2.96. The van der Waals surface area contributed by atoms with Crippen LogP contribution in [0.1, 0.15) is 32.1 Å². The molecule has 1 aromatic carbocycles. The Bertz CT molecular complexity index is 565. The fourth-order valence-electron chi connectivity index (χ4n) is 2.96. The summed E-state index contributed by atoms with van der Waals surface area (Å²) in [5.41, 5.74) is 1.43. The van der Waals surface area contributed by atoms with Gasteiger partial charge in [-0.15, -0.1) is 0 Å². The van der Waals surface area contributed by atoms with Crippen LogP contribution in [0.2, 0.25) is 0 Å². The van der Waals surface area contributed by atoms with E-state index in [1.165, 1.54) is 0 Å². The topological polar surface area (TPSA) is 58.6 Å². The number of fused-ring (bicyclic) bond motifs is 1. The highest BCUT2D eigenvalue weighted by Crippen LogP contribution is 2.34. The molecule has 112 valence electrons. The molecule has 0 saturated heterocycles. The predicted molar refractivity (Wildman–Crippen MR) is 80.6 cm³/mol.